The molecule has 25 heavy (non-hydrogen) atoms. The molecule has 0 radical (unpaired) electrons. The van der Waals surface area contributed by atoms with Crippen molar-refractivity contribution >= 4 is 23.3 Å². The van der Waals surface area contributed by atoms with Gasteiger partial charge in [-0.3, -0.25) is 4.79 Å². The van der Waals surface area contributed by atoms with E-state index in [2.05, 4.69) is 5.32 Å². The van der Waals surface area contributed by atoms with E-state index >= 15 is 0 Å². The number of urea groups is 1. The van der Waals surface area contributed by atoms with Crippen LogP contribution in [0.2, 0.25) is 0 Å². The number of nitrogens with zero attached hydrogens (tertiary/aromatic N) is 2. The quantitative estimate of drug-likeness (QED) is 0.892. The van der Waals surface area contributed by atoms with E-state index in [9.17, 15) is 9.59 Å². The molecular weight excluding hydrogens is 338 g/mol. The first kappa shape index (κ1) is 18.2. The van der Waals surface area contributed by atoms with Gasteiger partial charge in [0.25, 0.3) is 5.91 Å². The molecule has 0 spiro atoms. The molecule has 2 aliphatic heterocycles. The first-order valence-corrected chi connectivity index (χ1v) is 9.85. The third kappa shape index (κ3) is 3.98. The molecule has 0 bridgehead atoms. The number of nitrogens with one attached hydrogen (secondary N) is 1. The molecule has 7 heteroatoms. The maximum absolute atomic E-state index is 12.7. The van der Waals surface area contributed by atoms with Crippen molar-refractivity contribution in [3.63, 3.8) is 0 Å². The fraction of sp³-hybridized carbons (Fsp3) is 0.667. The summed E-state index contributed by atoms with van der Waals surface area (Å²) in [4.78, 5) is 29.9. The number of hydrogen-bond donors (Lipinski definition) is 1. The van der Waals surface area contributed by atoms with Crippen LogP contribution in [-0.4, -0.2) is 66.2 Å². The predicted octanol–water partition coefficient (Wildman–Crippen LogP) is 2.48. The van der Waals surface area contributed by atoms with E-state index < -0.39 is 0 Å². The molecule has 2 saturated heterocycles. The topological polar surface area (TPSA) is 61.9 Å². The molecule has 1 aromatic rings. The van der Waals surface area contributed by atoms with E-state index in [1.165, 1.54) is 11.3 Å². The Balaban J connectivity index is 1.65. The maximum Gasteiger partial charge on any atom is 0.318 e. The molecule has 3 heterocycles. The van der Waals surface area contributed by atoms with Gasteiger partial charge in [-0.1, -0.05) is 0 Å². The third-order valence-electron chi connectivity index (χ3n) is 4.83. The Morgan fingerprint density at radius 2 is 1.96 bits per heavy atom. The summed E-state index contributed by atoms with van der Waals surface area (Å²) in [6, 6.07) is 2.33. The highest BCUT2D eigenvalue weighted by atomic mass is 32.1. The van der Waals surface area contributed by atoms with Crippen LogP contribution in [0.3, 0.4) is 0 Å². The van der Waals surface area contributed by atoms with Crippen LogP contribution in [0.15, 0.2) is 11.4 Å². The summed E-state index contributed by atoms with van der Waals surface area (Å²) in [5.41, 5.74) is 1.03. The van der Waals surface area contributed by atoms with E-state index in [1.807, 2.05) is 42.0 Å². The summed E-state index contributed by atoms with van der Waals surface area (Å²) in [5, 5.41) is 4.96. The van der Waals surface area contributed by atoms with Crippen LogP contribution < -0.4 is 5.32 Å². The second-order valence-electron chi connectivity index (χ2n) is 7.15. The van der Waals surface area contributed by atoms with Crippen molar-refractivity contribution in [3.05, 3.63) is 21.9 Å². The van der Waals surface area contributed by atoms with Gasteiger partial charge in [0, 0.05) is 38.4 Å². The number of carbonyl (C=O) groups excluding carboxylic acids is 2. The number of ether oxygens (including phenoxy) is 1. The summed E-state index contributed by atoms with van der Waals surface area (Å²) < 4.78 is 5.44. The SMILES string of the molecule is Cc1ccsc1C(=O)N1CC(N(C(=O)NC(C)C)C2CCOCC2)C1. The zero-order valence-electron chi connectivity index (χ0n) is 15.2. The van der Waals surface area contributed by atoms with Crippen molar-refractivity contribution in [3.8, 4) is 0 Å². The molecular formula is C18H27N3O3S. The molecule has 0 unspecified atom stereocenters. The van der Waals surface area contributed by atoms with Gasteiger partial charge in [-0.2, -0.15) is 0 Å². The Kier molecular flexibility index (Phi) is 5.64. The maximum atomic E-state index is 12.7. The summed E-state index contributed by atoms with van der Waals surface area (Å²) in [6.45, 7) is 8.51. The molecule has 6 nitrogen and oxygen atoms in total. The van der Waals surface area contributed by atoms with Crippen molar-refractivity contribution < 1.29 is 14.3 Å². The average molecular weight is 365 g/mol. The first-order chi connectivity index (χ1) is 12.0. The van der Waals surface area contributed by atoms with Crippen LogP contribution in [-0.2, 0) is 4.74 Å². The lowest BCUT2D eigenvalue weighted by molar-refractivity contribution is -0.00507. The minimum Gasteiger partial charge on any atom is -0.381 e. The van der Waals surface area contributed by atoms with E-state index in [1.54, 1.807) is 0 Å². The second-order valence-corrected chi connectivity index (χ2v) is 8.07. The fourth-order valence-electron chi connectivity index (χ4n) is 3.45. The number of amides is 3. The second kappa shape index (κ2) is 7.74. The molecule has 2 aliphatic rings. The largest absolute Gasteiger partial charge is 0.381 e. The van der Waals surface area contributed by atoms with Gasteiger partial charge in [0.1, 0.15) is 0 Å². The molecule has 3 rings (SSSR count). The highest BCUT2D eigenvalue weighted by Crippen LogP contribution is 2.26. The van der Waals surface area contributed by atoms with Gasteiger partial charge in [-0.05, 0) is 50.6 Å². The van der Waals surface area contributed by atoms with Gasteiger partial charge in [-0.25, -0.2) is 4.79 Å². The van der Waals surface area contributed by atoms with Crippen molar-refractivity contribution in [2.75, 3.05) is 26.3 Å². The Labute approximate surface area is 153 Å². The number of thiophene rings is 1. The zero-order chi connectivity index (χ0) is 18.0. The summed E-state index contributed by atoms with van der Waals surface area (Å²) in [6.07, 6.45) is 1.72. The smallest absolute Gasteiger partial charge is 0.318 e. The molecule has 1 N–H and O–H groups in total. The van der Waals surface area contributed by atoms with Crippen molar-refractivity contribution in [1.29, 1.82) is 0 Å². The zero-order valence-corrected chi connectivity index (χ0v) is 16.0. The van der Waals surface area contributed by atoms with E-state index in [0.29, 0.717) is 26.3 Å². The molecule has 0 aliphatic carbocycles. The summed E-state index contributed by atoms with van der Waals surface area (Å²) in [5.74, 6) is 0.0833. The van der Waals surface area contributed by atoms with Crippen LogP contribution in [0.5, 0.6) is 0 Å². The third-order valence-corrected chi connectivity index (χ3v) is 5.83. The number of likely N-dealkylation sites (tertiary alicyclic amines) is 1. The summed E-state index contributed by atoms with van der Waals surface area (Å²) in [7, 11) is 0. The van der Waals surface area contributed by atoms with Crippen molar-refractivity contribution in [2.24, 2.45) is 0 Å². The molecule has 0 atom stereocenters. The average Bonchev–Trinajstić information content (AvgIpc) is 2.96. The predicted molar refractivity (Wildman–Crippen MR) is 98.1 cm³/mol. The van der Waals surface area contributed by atoms with Gasteiger partial charge in [-0.15, -0.1) is 11.3 Å². The van der Waals surface area contributed by atoms with Gasteiger partial charge in [0.15, 0.2) is 0 Å². The van der Waals surface area contributed by atoms with Gasteiger partial charge >= 0.3 is 6.03 Å². The molecule has 0 saturated carbocycles. The van der Waals surface area contributed by atoms with Gasteiger partial charge in [0.05, 0.1) is 10.9 Å². The van der Waals surface area contributed by atoms with Crippen molar-refractivity contribution in [1.82, 2.24) is 15.1 Å². The molecule has 3 amide bonds. The highest BCUT2D eigenvalue weighted by Gasteiger charge is 2.41. The molecule has 1 aromatic heterocycles. The van der Waals surface area contributed by atoms with Crippen LogP contribution in [0.4, 0.5) is 4.79 Å². The lowest BCUT2D eigenvalue weighted by Crippen LogP contribution is -2.66. The van der Waals surface area contributed by atoms with E-state index in [4.69, 9.17) is 4.74 Å². The number of carbonyl (C=O) groups is 2. The minimum atomic E-state index is -0.0219. The van der Waals surface area contributed by atoms with Gasteiger partial charge in [0.2, 0.25) is 0 Å². The monoisotopic (exact) mass is 365 g/mol. The Bertz CT molecular complexity index is 619. The lowest BCUT2D eigenvalue weighted by Gasteiger charge is -2.48. The fourth-order valence-corrected chi connectivity index (χ4v) is 4.34. The number of aryl methyl sites for hydroxylation is 1. The van der Waals surface area contributed by atoms with Crippen LogP contribution in [0, 0.1) is 6.92 Å². The highest BCUT2D eigenvalue weighted by molar-refractivity contribution is 7.12. The summed E-state index contributed by atoms with van der Waals surface area (Å²) >= 11 is 1.49. The normalized spacial score (nSPS) is 19.0. The van der Waals surface area contributed by atoms with Crippen LogP contribution in [0.25, 0.3) is 0 Å². The number of hydrogen-bond acceptors (Lipinski definition) is 4. The first-order valence-electron chi connectivity index (χ1n) is 8.97. The van der Waals surface area contributed by atoms with Crippen LogP contribution in [0.1, 0.15) is 41.9 Å². The van der Waals surface area contributed by atoms with Gasteiger partial charge < -0.3 is 19.9 Å². The standard InChI is InChI=1S/C18H27N3O3S/c1-12(2)19-18(23)21(14-4-7-24-8-5-14)15-10-20(11-15)17(22)16-13(3)6-9-25-16/h6,9,12,14-15H,4-5,7-8,10-11H2,1-3H3,(H,19,23). The Morgan fingerprint density at radius 3 is 2.52 bits per heavy atom. The van der Waals surface area contributed by atoms with E-state index in [-0.39, 0.29) is 30.1 Å². The molecule has 0 aromatic carbocycles. The molecule has 2 fully saturated rings. The van der Waals surface area contributed by atoms with Crippen molar-refractivity contribution in [2.45, 2.75) is 51.7 Å². The molecule has 138 valence electrons. The lowest BCUT2D eigenvalue weighted by atomic mass is 10.00. The number of rotatable bonds is 4. The minimum absolute atomic E-state index is 0.0219. The Hall–Kier alpha value is -1.60. The van der Waals surface area contributed by atoms with E-state index in [0.717, 1.165) is 23.3 Å². The van der Waals surface area contributed by atoms with Crippen LogP contribution >= 0.6 is 11.3 Å². The Morgan fingerprint density at radius 1 is 1.28 bits per heavy atom.